The first-order chi connectivity index (χ1) is 17.1. The number of carbonyl (C=O) groups is 1. The molecule has 4 atom stereocenters. The molecule has 4 rings (SSSR count). The number of fused-ring (bicyclic) bond motifs is 1. The van der Waals surface area contributed by atoms with Gasteiger partial charge in [-0.3, -0.25) is 8.75 Å². The van der Waals surface area contributed by atoms with Crippen LogP contribution in [0.1, 0.15) is 30.4 Å². The first kappa shape index (κ1) is 29.2. The normalized spacial score (nSPS) is 21.6. The minimum atomic E-state index is -4.76. The Kier molecular flexibility index (Phi) is 9.47. The molecule has 3 heterocycles. The van der Waals surface area contributed by atoms with Crippen molar-refractivity contribution in [1.29, 1.82) is 0 Å². The molecule has 1 amide bonds. The third-order valence-corrected chi connectivity index (χ3v) is 6.18. The molecule has 194 valence electrons. The molecule has 3 aromatic rings. The Hall–Kier alpha value is -2.37. The van der Waals surface area contributed by atoms with Gasteiger partial charge in [-0.15, -0.1) is 0 Å². The maximum atomic E-state index is 12.2. The van der Waals surface area contributed by atoms with Gasteiger partial charge in [0.1, 0.15) is 30.4 Å². The van der Waals surface area contributed by atoms with Crippen molar-refractivity contribution in [3.63, 3.8) is 0 Å². The van der Waals surface area contributed by atoms with Crippen LogP contribution in [0.4, 0.5) is 5.82 Å². The topological polar surface area (TPSA) is 200 Å². The monoisotopic (exact) mass is 544 g/mol. The zero-order chi connectivity index (χ0) is 26.0. The van der Waals surface area contributed by atoms with Crippen LogP contribution in [0.2, 0.25) is 0 Å². The molecule has 0 radical (unpaired) electrons. The molecule has 2 aromatic heterocycles. The largest absolute Gasteiger partial charge is 1.00 e. The number of hydrogen-bond acceptors (Lipinski definition) is 12. The van der Waals surface area contributed by atoms with Crippen LogP contribution < -0.4 is 34.9 Å². The third kappa shape index (κ3) is 6.56. The molecule has 0 spiro atoms. The van der Waals surface area contributed by atoms with Gasteiger partial charge in [0, 0.05) is 12.1 Å². The van der Waals surface area contributed by atoms with E-state index in [1.54, 1.807) is 0 Å². The quantitative estimate of drug-likeness (QED) is 0.210. The third-order valence-electron chi connectivity index (χ3n) is 5.36. The van der Waals surface area contributed by atoms with E-state index in [1.807, 2.05) is 13.8 Å². The number of nitrogens with zero attached hydrogens (tertiary/aromatic N) is 5. The second-order valence-corrected chi connectivity index (χ2v) is 9.77. The Labute approximate surface area is 234 Å². The van der Waals surface area contributed by atoms with E-state index in [-0.39, 0.29) is 35.1 Å². The fourth-order valence-electron chi connectivity index (χ4n) is 3.55. The Balaban J connectivity index is 0.00000380. The number of carbonyl (C=O) groups excluding carboxylic acids is 1. The summed E-state index contributed by atoms with van der Waals surface area (Å²) in [7, 11) is -4.76. The Morgan fingerprint density at radius 2 is 1.95 bits per heavy atom. The van der Waals surface area contributed by atoms with Gasteiger partial charge in [-0.1, -0.05) is 26.0 Å². The molecular formula is C21H25N6NaO8S. The average molecular weight is 545 g/mol. The predicted molar refractivity (Wildman–Crippen MR) is 125 cm³/mol. The van der Waals surface area contributed by atoms with E-state index in [0.717, 1.165) is 0 Å². The number of para-hydroxylation sites is 1. The molecule has 1 saturated heterocycles. The van der Waals surface area contributed by atoms with E-state index >= 15 is 0 Å². The van der Waals surface area contributed by atoms with Crippen molar-refractivity contribution in [2.24, 2.45) is 5.92 Å². The number of aromatic nitrogens is 4. The van der Waals surface area contributed by atoms with Crippen LogP contribution in [0.15, 0.2) is 36.9 Å². The summed E-state index contributed by atoms with van der Waals surface area (Å²) in [5.74, 6) is -0.835. The molecular weight excluding hydrogens is 519 g/mol. The molecule has 1 aromatic carbocycles. The molecule has 1 aliphatic rings. The molecule has 1 aliphatic heterocycles. The SMILES string of the molecule is CC(C)CNc1ncnc2c1ncn2[C@@H]1O[C@H](COS(=O)(=O)[N-]C(=O)c2ccccc2O)[C@@H](O)[C@H]1O.[Na+]. The zero-order valence-corrected chi connectivity index (χ0v) is 23.1. The number of nitrogens with one attached hydrogen (secondary N) is 1. The number of phenolic OH excluding ortho intramolecular Hbond substituents is 1. The first-order valence-corrected chi connectivity index (χ1v) is 12.3. The molecule has 0 aliphatic carbocycles. The van der Waals surface area contributed by atoms with Crippen molar-refractivity contribution in [3.8, 4) is 5.75 Å². The summed E-state index contributed by atoms with van der Waals surface area (Å²) >= 11 is 0. The average Bonchev–Trinajstić information content (AvgIpc) is 3.37. The van der Waals surface area contributed by atoms with Crippen molar-refractivity contribution in [1.82, 2.24) is 19.5 Å². The number of aliphatic hydroxyl groups excluding tert-OH is 2. The second kappa shape index (κ2) is 12.0. The van der Waals surface area contributed by atoms with Gasteiger partial charge in [0.15, 0.2) is 23.2 Å². The van der Waals surface area contributed by atoms with E-state index in [9.17, 15) is 28.5 Å². The van der Waals surface area contributed by atoms with Crippen LogP contribution in [0.25, 0.3) is 15.9 Å². The van der Waals surface area contributed by atoms with Gasteiger partial charge in [-0.2, -0.15) is 0 Å². The predicted octanol–water partition coefficient (Wildman–Crippen LogP) is -2.30. The number of rotatable bonds is 9. The number of phenols is 1. The molecule has 1 fully saturated rings. The fourth-order valence-corrected chi connectivity index (χ4v) is 4.21. The molecule has 16 heteroatoms. The first-order valence-electron chi connectivity index (χ1n) is 10.9. The Bertz CT molecular complexity index is 1350. The molecule has 37 heavy (non-hydrogen) atoms. The second-order valence-electron chi connectivity index (χ2n) is 8.49. The number of aliphatic hydroxyl groups is 2. The number of hydrogen-bond donors (Lipinski definition) is 4. The van der Waals surface area contributed by atoms with Gasteiger partial charge >= 0.3 is 29.6 Å². The van der Waals surface area contributed by atoms with Gasteiger partial charge < -0.3 is 34.9 Å². The maximum absolute atomic E-state index is 12.2. The van der Waals surface area contributed by atoms with Crippen molar-refractivity contribution in [2.75, 3.05) is 18.5 Å². The summed E-state index contributed by atoms with van der Waals surface area (Å²) in [6.45, 7) is 3.97. The van der Waals surface area contributed by atoms with E-state index in [4.69, 9.17) is 8.92 Å². The van der Waals surface area contributed by atoms with Gasteiger partial charge in [-0.05, 0) is 18.1 Å². The van der Waals surface area contributed by atoms with E-state index in [0.29, 0.717) is 29.4 Å². The van der Waals surface area contributed by atoms with Gasteiger partial charge in [0.05, 0.1) is 18.8 Å². The van der Waals surface area contributed by atoms with Crippen molar-refractivity contribution < 1.29 is 67.0 Å². The minimum Gasteiger partial charge on any atom is -0.518 e. The summed E-state index contributed by atoms with van der Waals surface area (Å²) in [5.41, 5.74) is 0.422. The molecule has 4 N–H and O–H groups in total. The standard InChI is InChI=1S/C21H26N6O8S.Na/c1-11(2)7-22-18-15-19(24-9-23-18)27(10-25-15)21-17(30)16(29)14(35-21)8-34-36(32,33)26-20(31)12-5-3-4-6-13(12)28;/h3-6,9-11,14,16-17,21,29-30H,7-8H2,1-2H3,(H3,22,23,24,26,28,31);/q;+1/p-1/t14-,16-,17-,21-;/m1./s1. The Morgan fingerprint density at radius 1 is 1.22 bits per heavy atom. The summed E-state index contributed by atoms with van der Waals surface area (Å²) in [6.07, 6.45) is -2.77. The number of imidazole rings is 1. The van der Waals surface area contributed by atoms with E-state index < -0.39 is 53.1 Å². The van der Waals surface area contributed by atoms with Gasteiger partial charge in [-0.25, -0.2) is 23.4 Å². The minimum absolute atomic E-state index is 0. The van der Waals surface area contributed by atoms with Crippen LogP contribution >= 0.6 is 0 Å². The maximum Gasteiger partial charge on any atom is 1.00 e. The van der Waals surface area contributed by atoms with Crippen molar-refractivity contribution in [2.45, 2.75) is 38.4 Å². The molecule has 0 unspecified atom stereocenters. The zero-order valence-electron chi connectivity index (χ0n) is 20.3. The summed E-state index contributed by atoms with van der Waals surface area (Å²) in [5, 5.41) is 33.9. The smallest absolute Gasteiger partial charge is 0.518 e. The van der Waals surface area contributed by atoms with Crippen LogP contribution in [-0.2, 0) is 19.2 Å². The number of benzene rings is 1. The number of anilines is 1. The van der Waals surface area contributed by atoms with Crippen LogP contribution in [0.3, 0.4) is 0 Å². The van der Waals surface area contributed by atoms with Gasteiger partial charge in [0.2, 0.25) is 10.3 Å². The molecule has 0 bridgehead atoms. The van der Waals surface area contributed by atoms with Crippen molar-refractivity contribution >= 4 is 33.2 Å². The number of amides is 1. The van der Waals surface area contributed by atoms with Gasteiger partial charge in [0.25, 0.3) is 0 Å². The summed E-state index contributed by atoms with van der Waals surface area (Å²) in [4.78, 5) is 24.8. The molecule has 14 nitrogen and oxygen atoms in total. The van der Waals surface area contributed by atoms with Crippen LogP contribution in [0, 0.1) is 5.92 Å². The van der Waals surface area contributed by atoms with Crippen LogP contribution in [-0.4, -0.2) is 80.6 Å². The fraction of sp³-hybridized carbons (Fsp3) is 0.429. The summed E-state index contributed by atoms with van der Waals surface area (Å²) in [6, 6.07) is 5.28. The molecule has 0 saturated carbocycles. The van der Waals surface area contributed by atoms with E-state index in [2.05, 4.69) is 25.0 Å². The summed E-state index contributed by atoms with van der Waals surface area (Å²) < 4.78 is 39.1. The van der Waals surface area contributed by atoms with Crippen LogP contribution in [0.5, 0.6) is 5.75 Å². The number of ether oxygens (including phenoxy) is 1. The number of aromatic hydroxyl groups is 1. The van der Waals surface area contributed by atoms with E-state index in [1.165, 1.54) is 41.5 Å². The Morgan fingerprint density at radius 3 is 2.65 bits per heavy atom. The van der Waals surface area contributed by atoms with Crippen molar-refractivity contribution in [3.05, 3.63) is 47.2 Å².